The second-order valence-electron chi connectivity index (χ2n) is 6.09. The van der Waals surface area contributed by atoms with Crippen molar-refractivity contribution in [3.05, 3.63) is 70.5 Å². The molecule has 1 aliphatic heterocycles. The standard InChI is InChI=1S/C19H20ClFN2O2/c20-15-10-14(6-7-16(15)21)18-12-23(8-9-25-18)19(24)11-17(22)13-4-2-1-3-5-13/h1-7,10,17-18H,8-9,11-12,22H2. The number of amides is 1. The van der Waals surface area contributed by atoms with E-state index in [1.54, 1.807) is 17.0 Å². The molecule has 1 fully saturated rings. The van der Waals surface area contributed by atoms with Crippen LogP contribution in [-0.4, -0.2) is 30.5 Å². The first-order valence-electron chi connectivity index (χ1n) is 8.19. The van der Waals surface area contributed by atoms with Crippen LogP contribution in [0.5, 0.6) is 0 Å². The summed E-state index contributed by atoms with van der Waals surface area (Å²) in [4.78, 5) is 14.3. The number of ether oxygens (including phenoxy) is 1. The molecule has 0 radical (unpaired) electrons. The molecule has 1 heterocycles. The third kappa shape index (κ3) is 4.37. The maximum absolute atomic E-state index is 13.3. The molecule has 2 N–H and O–H groups in total. The number of rotatable bonds is 4. The summed E-state index contributed by atoms with van der Waals surface area (Å²) in [5.41, 5.74) is 7.84. The monoisotopic (exact) mass is 362 g/mol. The topological polar surface area (TPSA) is 55.6 Å². The quantitative estimate of drug-likeness (QED) is 0.906. The van der Waals surface area contributed by atoms with Gasteiger partial charge >= 0.3 is 0 Å². The Hall–Kier alpha value is -1.95. The normalized spacial score (nSPS) is 18.8. The van der Waals surface area contributed by atoms with Crippen molar-refractivity contribution in [2.24, 2.45) is 5.73 Å². The van der Waals surface area contributed by atoms with Crippen molar-refractivity contribution in [3.8, 4) is 0 Å². The van der Waals surface area contributed by atoms with E-state index in [2.05, 4.69) is 0 Å². The van der Waals surface area contributed by atoms with Crippen molar-refractivity contribution in [1.29, 1.82) is 0 Å². The van der Waals surface area contributed by atoms with Crippen LogP contribution in [0.25, 0.3) is 0 Å². The molecule has 2 aromatic carbocycles. The maximum Gasteiger partial charge on any atom is 0.224 e. The number of morpholine rings is 1. The summed E-state index contributed by atoms with van der Waals surface area (Å²) in [5, 5.41) is 0.0515. The van der Waals surface area contributed by atoms with Gasteiger partial charge in [-0.05, 0) is 23.3 Å². The summed E-state index contributed by atoms with van der Waals surface area (Å²) in [6.45, 7) is 1.35. The molecule has 4 nitrogen and oxygen atoms in total. The number of carbonyl (C=O) groups excluding carboxylic acids is 1. The Kier molecular flexibility index (Phi) is 5.68. The molecule has 0 spiro atoms. The lowest BCUT2D eigenvalue weighted by molar-refractivity contribution is -0.139. The zero-order valence-electron chi connectivity index (χ0n) is 13.7. The molecule has 1 aliphatic rings. The maximum atomic E-state index is 13.3. The molecule has 132 valence electrons. The van der Waals surface area contributed by atoms with Crippen LogP contribution in [0.1, 0.15) is 29.7 Å². The van der Waals surface area contributed by atoms with E-state index in [-0.39, 0.29) is 29.5 Å². The van der Waals surface area contributed by atoms with Gasteiger partial charge in [0.1, 0.15) is 11.9 Å². The zero-order chi connectivity index (χ0) is 17.8. The van der Waals surface area contributed by atoms with Crippen molar-refractivity contribution < 1.29 is 13.9 Å². The van der Waals surface area contributed by atoms with E-state index in [1.165, 1.54) is 6.07 Å². The fourth-order valence-electron chi connectivity index (χ4n) is 2.93. The lowest BCUT2D eigenvalue weighted by Gasteiger charge is -2.34. The van der Waals surface area contributed by atoms with Gasteiger partial charge < -0.3 is 15.4 Å². The van der Waals surface area contributed by atoms with Crippen LogP contribution in [0, 0.1) is 5.82 Å². The Labute approximate surface area is 151 Å². The molecule has 1 saturated heterocycles. The summed E-state index contributed by atoms with van der Waals surface area (Å²) in [7, 11) is 0. The second-order valence-corrected chi connectivity index (χ2v) is 6.50. The highest BCUT2D eigenvalue weighted by Gasteiger charge is 2.27. The number of hydrogen-bond donors (Lipinski definition) is 1. The first-order valence-corrected chi connectivity index (χ1v) is 8.57. The minimum atomic E-state index is -0.469. The Morgan fingerprint density at radius 3 is 2.80 bits per heavy atom. The number of nitrogens with zero attached hydrogens (tertiary/aromatic N) is 1. The van der Waals surface area contributed by atoms with Crippen LogP contribution in [0.3, 0.4) is 0 Å². The predicted octanol–water partition coefficient (Wildman–Crippen LogP) is 3.47. The van der Waals surface area contributed by atoms with E-state index < -0.39 is 5.82 Å². The molecule has 0 bridgehead atoms. The van der Waals surface area contributed by atoms with Crippen LogP contribution in [0.2, 0.25) is 5.02 Å². The van der Waals surface area contributed by atoms with Gasteiger partial charge in [-0.3, -0.25) is 4.79 Å². The molecule has 1 amide bonds. The van der Waals surface area contributed by atoms with Crippen molar-refractivity contribution in [2.75, 3.05) is 19.7 Å². The average Bonchev–Trinajstić information content (AvgIpc) is 2.64. The van der Waals surface area contributed by atoms with Crippen LogP contribution in [-0.2, 0) is 9.53 Å². The molecule has 6 heteroatoms. The van der Waals surface area contributed by atoms with Gasteiger partial charge in [-0.1, -0.05) is 48.0 Å². The van der Waals surface area contributed by atoms with Gasteiger partial charge in [0.05, 0.1) is 18.2 Å². The third-order valence-electron chi connectivity index (χ3n) is 4.36. The fraction of sp³-hybridized carbons (Fsp3) is 0.316. The van der Waals surface area contributed by atoms with E-state index in [0.29, 0.717) is 19.7 Å². The highest BCUT2D eigenvalue weighted by Crippen LogP contribution is 2.27. The van der Waals surface area contributed by atoms with Crippen LogP contribution in [0.15, 0.2) is 48.5 Å². The highest BCUT2D eigenvalue weighted by atomic mass is 35.5. The Balaban J connectivity index is 1.64. The fourth-order valence-corrected chi connectivity index (χ4v) is 3.11. The van der Waals surface area contributed by atoms with Crippen molar-refractivity contribution in [2.45, 2.75) is 18.6 Å². The molecule has 3 rings (SSSR count). The molecule has 0 saturated carbocycles. The van der Waals surface area contributed by atoms with Gasteiger partial charge in [0, 0.05) is 19.0 Å². The van der Waals surface area contributed by atoms with Crippen molar-refractivity contribution in [3.63, 3.8) is 0 Å². The van der Waals surface area contributed by atoms with Crippen LogP contribution in [0.4, 0.5) is 4.39 Å². The van der Waals surface area contributed by atoms with Gasteiger partial charge in [0.15, 0.2) is 0 Å². The molecule has 2 unspecified atom stereocenters. The lowest BCUT2D eigenvalue weighted by Crippen LogP contribution is -2.43. The Morgan fingerprint density at radius 1 is 1.32 bits per heavy atom. The molecule has 2 aromatic rings. The van der Waals surface area contributed by atoms with Gasteiger partial charge in [0.2, 0.25) is 5.91 Å². The van der Waals surface area contributed by atoms with E-state index >= 15 is 0 Å². The summed E-state index contributed by atoms with van der Waals surface area (Å²) < 4.78 is 19.0. The Morgan fingerprint density at radius 2 is 2.08 bits per heavy atom. The molecule has 0 aliphatic carbocycles. The number of benzene rings is 2. The summed E-state index contributed by atoms with van der Waals surface area (Å²) in [6.07, 6.45) is -0.0790. The Bertz CT molecular complexity index is 741. The van der Waals surface area contributed by atoms with Gasteiger partial charge in [-0.2, -0.15) is 0 Å². The molecule has 0 aromatic heterocycles. The van der Waals surface area contributed by atoms with Crippen molar-refractivity contribution in [1.82, 2.24) is 4.90 Å². The molecular weight excluding hydrogens is 343 g/mol. The summed E-state index contributed by atoms with van der Waals surface area (Å²) >= 11 is 5.84. The van der Waals surface area contributed by atoms with Gasteiger partial charge in [0.25, 0.3) is 0 Å². The molecule has 2 atom stereocenters. The predicted molar refractivity (Wildman–Crippen MR) is 94.7 cm³/mol. The molecule has 25 heavy (non-hydrogen) atoms. The SMILES string of the molecule is NC(CC(=O)N1CCOC(c2ccc(F)c(Cl)c2)C1)c1ccccc1. The number of hydrogen-bond acceptors (Lipinski definition) is 3. The smallest absolute Gasteiger partial charge is 0.224 e. The van der Waals surface area contributed by atoms with Crippen molar-refractivity contribution >= 4 is 17.5 Å². The minimum Gasteiger partial charge on any atom is -0.370 e. The first-order chi connectivity index (χ1) is 12.0. The number of nitrogens with two attached hydrogens (primary N) is 1. The zero-order valence-corrected chi connectivity index (χ0v) is 14.5. The van der Waals surface area contributed by atoms with Gasteiger partial charge in [-0.15, -0.1) is 0 Å². The average molecular weight is 363 g/mol. The van der Waals surface area contributed by atoms with E-state index in [9.17, 15) is 9.18 Å². The number of carbonyl (C=O) groups is 1. The first kappa shape index (κ1) is 17.9. The summed E-state index contributed by atoms with van der Waals surface area (Å²) in [6, 6.07) is 13.7. The second kappa shape index (κ2) is 7.95. The van der Waals surface area contributed by atoms with Crippen LogP contribution >= 0.6 is 11.6 Å². The van der Waals surface area contributed by atoms with E-state index in [1.807, 2.05) is 30.3 Å². The van der Waals surface area contributed by atoms with E-state index in [0.717, 1.165) is 11.1 Å². The largest absolute Gasteiger partial charge is 0.370 e. The summed E-state index contributed by atoms with van der Waals surface area (Å²) in [5.74, 6) is -0.485. The van der Waals surface area contributed by atoms with E-state index in [4.69, 9.17) is 22.1 Å². The van der Waals surface area contributed by atoms with Crippen LogP contribution < -0.4 is 5.73 Å². The highest BCUT2D eigenvalue weighted by molar-refractivity contribution is 6.30. The van der Waals surface area contributed by atoms with Gasteiger partial charge in [-0.25, -0.2) is 4.39 Å². The lowest BCUT2D eigenvalue weighted by atomic mass is 10.0. The number of halogens is 2. The minimum absolute atomic E-state index is 0.0159. The molecular formula is C19H20ClFN2O2. The third-order valence-corrected chi connectivity index (χ3v) is 4.65.